The van der Waals surface area contributed by atoms with Gasteiger partial charge in [0, 0.05) is 32.2 Å². The number of piperidine rings is 1. The topological polar surface area (TPSA) is 69.7 Å². The quantitative estimate of drug-likeness (QED) is 0.633. The van der Waals surface area contributed by atoms with Crippen LogP contribution in [0.4, 0.5) is 5.69 Å². The Balaban J connectivity index is 1.51. The van der Waals surface area contributed by atoms with E-state index in [-0.39, 0.29) is 10.8 Å². The number of likely N-dealkylation sites (tertiary alicyclic amines) is 1. The average Bonchev–Trinajstić information content (AvgIpc) is 2.76. The average molecular weight is 444 g/mol. The predicted molar refractivity (Wildman–Crippen MR) is 125 cm³/mol. The number of hydrogen-bond donors (Lipinski definition) is 1. The summed E-state index contributed by atoms with van der Waals surface area (Å²) >= 11 is 0. The minimum absolute atomic E-state index is 0.138. The fourth-order valence-electron chi connectivity index (χ4n) is 4.29. The lowest BCUT2D eigenvalue weighted by atomic mass is 9.92. The first kappa shape index (κ1) is 23.3. The van der Waals surface area contributed by atoms with Crippen LogP contribution in [0.3, 0.4) is 0 Å². The number of rotatable bonds is 8. The molecule has 31 heavy (non-hydrogen) atoms. The summed E-state index contributed by atoms with van der Waals surface area (Å²) in [6.07, 6.45) is 2.21. The van der Waals surface area contributed by atoms with Gasteiger partial charge in [-0.15, -0.1) is 0 Å². The van der Waals surface area contributed by atoms with Gasteiger partial charge >= 0.3 is 0 Å². The second kappa shape index (κ2) is 10.3. The molecule has 1 fully saturated rings. The van der Waals surface area contributed by atoms with Gasteiger partial charge in [0.2, 0.25) is 0 Å². The van der Waals surface area contributed by atoms with E-state index in [1.54, 1.807) is 54.6 Å². The fraction of sp³-hybridized carbons (Fsp3) is 0.458. The minimum Gasteiger partial charge on any atom is -0.352 e. The van der Waals surface area contributed by atoms with E-state index in [0.29, 0.717) is 17.8 Å². The standard InChI is InChI=1S/C24H33N3O3S/c1-19-16-20(2)18-27(17-19)15-7-14-25-24(28)21-10-12-22(13-11-21)26(3)31(29,30)23-8-5-4-6-9-23/h4-6,8-13,19-20H,7,14-18H2,1-3H3,(H,25,28)/t19-,20+. The van der Waals surface area contributed by atoms with Crippen LogP contribution < -0.4 is 9.62 Å². The second-order valence-electron chi connectivity index (χ2n) is 8.65. The van der Waals surface area contributed by atoms with E-state index in [1.165, 1.54) is 17.8 Å². The van der Waals surface area contributed by atoms with E-state index < -0.39 is 10.0 Å². The Hall–Kier alpha value is -2.38. The number of nitrogens with zero attached hydrogens (tertiary/aromatic N) is 2. The van der Waals surface area contributed by atoms with Crippen molar-refractivity contribution in [3.05, 3.63) is 60.2 Å². The molecule has 0 saturated carbocycles. The van der Waals surface area contributed by atoms with Crippen molar-refractivity contribution in [3.8, 4) is 0 Å². The molecule has 1 saturated heterocycles. The van der Waals surface area contributed by atoms with Crippen LogP contribution in [0, 0.1) is 11.8 Å². The number of sulfonamides is 1. The smallest absolute Gasteiger partial charge is 0.264 e. The van der Waals surface area contributed by atoms with E-state index in [9.17, 15) is 13.2 Å². The van der Waals surface area contributed by atoms with Crippen LogP contribution in [0.15, 0.2) is 59.5 Å². The zero-order valence-corrected chi connectivity index (χ0v) is 19.4. The van der Waals surface area contributed by atoms with Crippen molar-refractivity contribution in [1.29, 1.82) is 0 Å². The van der Waals surface area contributed by atoms with Crippen molar-refractivity contribution < 1.29 is 13.2 Å². The highest BCUT2D eigenvalue weighted by Crippen LogP contribution is 2.22. The van der Waals surface area contributed by atoms with Gasteiger partial charge in [-0.2, -0.15) is 0 Å². The van der Waals surface area contributed by atoms with Gasteiger partial charge in [-0.1, -0.05) is 32.0 Å². The molecule has 0 unspecified atom stereocenters. The Bertz CT molecular complexity index is 951. The predicted octanol–water partition coefficient (Wildman–Crippen LogP) is 3.61. The Morgan fingerprint density at radius 1 is 1.03 bits per heavy atom. The highest BCUT2D eigenvalue weighted by atomic mass is 32.2. The summed E-state index contributed by atoms with van der Waals surface area (Å²) < 4.78 is 26.7. The van der Waals surface area contributed by atoms with Crippen molar-refractivity contribution in [2.75, 3.05) is 37.5 Å². The molecule has 6 nitrogen and oxygen atoms in total. The van der Waals surface area contributed by atoms with E-state index in [0.717, 1.165) is 37.9 Å². The van der Waals surface area contributed by atoms with E-state index >= 15 is 0 Å². The number of hydrogen-bond acceptors (Lipinski definition) is 4. The molecule has 0 bridgehead atoms. The second-order valence-corrected chi connectivity index (χ2v) is 10.6. The molecule has 2 aromatic carbocycles. The van der Waals surface area contributed by atoms with Crippen molar-refractivity contribution in [2.24, 2.45) is 11.8 Å². The maximum atomic E-state index is 12.7. The van der Waals surface area contributed by atoms with Crippen LogP contribution in [-0.2, 0) is 10.0 Å². The minimum atomic E-state index is -3.63. The van der Waals surface area contributed by atoms with Gasteiger partial charge < -0.3 is 10.2 Å². The summed E-state index contributed by atoms with van der Waals surface area (Å²) in [5.41, 5.74) is 1.03. The first-order valence-electron chi connectivity index (χ1n) is 10.9. The van der Waals surface area contributed by atoms with Crippen LogP contribution in [0.25, 0.3) is 0 Å². The van der Waals surface area contributed by atoms with E-state index in [2.05, 4.69) is 24.1 Å². The molecule has 2 atom stereocenters. The zero-order chi connectivity index (χ0) is 22.4. The van der Waals surface area contributed by atoms with Gasteiger partial charge in [0.25, 0.3) is 15.9 Å². The highest BCUT2D eigenvalue weighted by molar-refractivity contribution is 7.92. The van der Waals surface area contributed by atoms with Crippen molar-refractivity contribution in [1.82, 2.24) is 10.2 Å². The van der Waals surface area contributed by atoms with Crippen LogP contribution in [0.1, 0.15) is 37.0 Å². The molecule has 1 N–H and O–H groups in total. The molecule has 168 valence electrons. The first-order chi connectivity index (χ1) is 14.8. The maximum Gasteiger partial charge on any atom is 0.264 e. The normalized spacial score (nSPS) is 19.7. The first-order valence-corrected chi connectivity index (χ1v) is 12.4. The Labute approximate surface area is 186 Å². The largest absolute Gasteiger partial charge is 0.352 e. The third-order valence-corrected chi connectivity index (χ3v) is 7.58. The zero-order valence-electron chi connectivity index (χ0n) is 18.6. The van der Waals surface area contributed by atoms with Crippen LogP contribution in [0.5, 0.6) is 0 Å². The summed E-state index contributed by atoms with van der Waals surface area (Å²) in [5.74, 6) is 1.34. The number of anilines is 1. The number of benzene rings is 2. The third-order valence-electron chi connectivity index (χ3n) is 5.78. The fourth-order valence-corrected chi connectivity index (χ4v) is 5.51. The molecule has 0 aromatic heterocycles. The van der Waals surface area contributed by atoms with Crippen molar-refractivity contribution >= 4 is 21.6 Å². The molecule has 1 aliphatic rings. The van der Waals surface area contributed by atoms with Gasteiger partial charge in [-0.25, -0.2) is 8.42 Å². The summed E-state index contributed by atoms with van der Waals surface area (Å²) in [5, 5.41) is 2.97. The summed E-state index contributed by atoms with van der Waals surface area (Å²) in [4.78, 5) is 15.2. The van der Waals surface area contributed by atoms with Crippen molar-refractivity contribution in [3.63, 3.8) is 0 Å². The van der Waals surface area contributed by atoms with Crippen molar-refractivity contribution in [2.45, 2.75) is 31.6 Å². The molecular weight excluding hydrogens is 410 g/mol. The highest BCUT2D eigenvalue weighted by Gasteiger charge is 2.22. The van der Waals surface area contributed by atoms with Crippen LogP contribution in [0.2, 0.25) is 0 Å². The molecule has 3 rings (SSSR count). The van der Waals surface area contributed by atoms with E-state index in [1.807, 2.05) is 0 Å². The lowest BCUT2D eigenvalue weighted by molar-refractivity contribution is 0.0947. The number of nitrogens with one attached hydrogen (secondary N) is 1. The maximum absolute atomic E-state index is 12.7. The summed E-state index contributed by atoms with van der Waals surface area (Å²) in [6, 6.07) is 14.9. The SMILES string of the molecule is C[C@@H]1C[C@H](C)CN(CCCNC(=O)c2ccc(N(C)S(=O)(=O)c3ccccc3)cc2)C1. The molecule has 0 aliphatic carbocycles. The van der Waals surface area contributed by atoms with Gasteiger partial charge in [-0.05, 0) is 67.6 Å². The van der Waals surface area contributed by atoms with Gasteiger partial charge in [0.15, 0.2) is 0 Å². The van der Waals surface area contributed by atoms with Gasteiger partial charge in [0.1, 0.15) is 0 Å². The van der Waals surface area contributed by atoms with Crippen LogP contribution >= 0.6 is 0 Å². The molecule has 0 spiro atoms. The van der Waals surface area contributed by atoms with Gasteiger partial charge in [0.05, 0.1) is 10.6 Å². The number of carbonyl (C=O) groups is 1. The Morgan fingerprint density at radius 2 is 1.65 bits per heavy atom. The third kappa shape index (κ3) is 6.08. The van der Waals surface area contributed by atoms with Gasteiger partial charge in [-0.3, -0.25) is 9.10 Å². The Kier molecular flexibility index (Phi) is 7.73. The molecule has 2 aromatic rings. The molecule has 1 heterocycles. The molecule has 0 radical (unpaired) electrons. The number of carbonyl (C=O) groups excluding carboxylic acids is 1. The van der Waals surface area contributed by atoms with E-state index in [4.69, 9.17) is 0 Å². The molecule has 7 heteroatoms. The van der Waals surface area contributed by atoms with Crippen LogP contribution in [-0.4, -0.2) is 52.5 Å². The molecular formula is C24H33N3O3S. The lowest BCUT2D eigenvalue weighted by Gasteiger charge is -2.34. The Morgan fingerprint density at radius 3 is 2.26 bits per heavy atom. The monoisotopic (exact) mass is 443 g/mol. The molecule has 1 amide bonds. The number of amides is 1. The molecule has 1 aliphatic heterocycles. The summed E-state index contributed by atoms with van der Waals surface area (Å²) in [7, 11) is -2.12. The summed E-state index contributed by atoms with van der Waals surface area (Å²) in [6.45, 7) is 8.50. The lowest BCUT2D eigenvalue weighted by Crippen LogP contribution is -2.40.